The summed E-state index contributed by atoms with van der Waals surface area (Å²) in [4.78, 5) is 33.6. The van der Waals surface area contributed by atoms with Gasteiger partial charge in [0.1, 0.15) is 18.7 Å². The molecular formula is C20H20N6O2. The number of nitrogens with zero attached hydrogens (tertiary/aromatic N) is 5. The average Bonchev–Trinajstić information content (AvgIpc) is 3.34. The fourth-order valence-corrected chi connectivity index (χ4v) is 3.31. The number of rotatable bonds is 6. The van der Waals surface area contributed by atoms with Crippen molar-refractivity contribution < 1.29 is 4.79 Å². The van der Waals surface area contributed by atoms with Crippen molar-refractivity contribution in [1.82, 2.24) is 29.0 Å². The molecule has 28 heavy (non-hydrogen) atoms. The van der Waals surface area contributed by atoms with Gasteiger partial charge in [-0.25, -0.2) is 14.8 Å². The normalized spacial score (nSPS) is 11.0. The quantitative estimate of drug-likeness (QED) is 0.555. The molecule has 0 saturated carbocycles. The fourth-order valence-electron chi connectivity index (χ4n) is 3.31. The Labute approximate surface area is 161 Å². The first-order valence-electron chi connectivity index (χ1n) is 9.06. The van der Waals surface area contributed by atoms with Gasteiger partial charge in [-0.05, 0) is 25.1 Å². The van der Waals surface area contributed by atoms with E-state index in [9.17, 15) is 9.59 Å². The van der Waals surface area contributed by atoms with Gasteiger partial charge >= 0.3 is 5.69 Å². The molecule has 0 spiro atoms. The Morgan fingerprint density at radius 3 is 2.57 bits per heavy atom. The van der Waals surface area contributed by atoms with Crippen LogP contribution in [0.5, 0.6) is 0 Å². The minimum absolute atomic E-state index is 0.0347. The molecule has 0 fully saturated rings. The van der Waals surface area contributed by atoms with Crippen molar-refractivity contribution in [2.45, 2.75) is 26.6 Å². The summed E-state index contributed by atoms with van der Waals surface area (Å²) in [6.07, 6.45) is 6.83. The number of aromatic nitrogens is 5. The van der Waals surface area contributed by atoms with Gasteiger partial charge in [0.2, 0.25) is 5.91 Å². The number of hydrogen-bond donors (Lipinski definition) is 1. The molecule has 1 N–H and O–H groups in total. The molecule has 8 heteroatoms. The van der Waals surface area contributed by atoms with Crippen molar-refractivity contribution in [3.63, 3.8) is 0 Å². The Hall–Kier alpha value is -3.68. The second kappa shape index (κ2) is 7.51. The van der Waals surface area contributed by atoms with Gasteiger partial charge in [-0.2, -0.15) is 0 Å². The van der Waals surface area contributed by atoms with E-state index in [1.54, 1.807) is 34.1 Å². The second-order valence-corrected chi connectivity index (χ2v) is 6.33. The summed E-state index contributed by atoms with van der Waals surface area (Å²) in [6.45, 7) is 2.74. The van der Waals surface area contributed by atoms with E-state index < -0.39 is 0 Å². The first-order valence-corrected chi connectivity index (χ1v) is 9.06. The van der Waals surface area contributed by atoms with E-state index in [1.165, 1.54) is 4.57 Å². The maximum Gasteiger partial charge on any atom is 0.329 e. The zero-order valence-electron chi connectivity index (χ0n) is 15.4. The lowest BCUT2D eigenvalue weighted by Gasteiger charge is -2.10. The molecule has 0 saturated heterocycles. The molecule has 3 aromatic heterocycles. The Morgan fingerprint density at radius 2 is 1.86 bits per heavy atom. The first-order chi connectivity index (χ1) is 13.7. The van der Waals surface area contributed by atoms with Crippen molar-refractivity contribution >= 4 is 16.9 Å². The van der Waals surface area contributed by atoms with E-state index in [0.29, 0.717) is 18.9 Å². The van der Waals surface area contributed by atoms with Crippen molar-refractivity contribution in [3.8, 4) is 5.82 Å². The van der Waals surface area contributed by atoms with Gasteiger partial charge in [0.25, 0.3) is 0 Å². The van der Waals surface area contributed by atoms with Gasteiger partial charge in [0.05, 0.1) is 11.0 Å². The molecular weight excluding hydrogens is 356 g/mol. The molecule has 0 radical (unpaired) electrons. The van der Waals surface area contributed by atoms with Crippen molar-refractivity contribution in [3.05, 3.63) is 77.4 Å². The van der Waals surface area contributed by atoms with E-state index in [-0.39, 0.29) is 18.1 Å². The molecule has 4 aromatic rings. The number of carbonyl (C=O) groups excluding carboxylic acids is 1. The molecule has 0 atom stereocenters. The molecule has 0 aliphatic rings. The maximum absolute atomic E-state index is 12.7. The Kier molecular flexibility index (Phi) is 4.76. The molecule has 8 nitrogen and oxygen atoms in total. The van der Waals surface area contributed by atoms with E-state index in [0.717, 1.165) is 16.6 Å². The monoisotopic (exact) mass is 376 g/mol. The molecule has 4 rings (SSSR count). The van der Waals surface area contributed by atoms with Crippen LogP contribution in [-0.2, 0) is 24.4 Å². The molecule has 0 unspecified atom stereocenters. The summed E-state index contributed by atoms with van der Waals surface area (Å²) < 4.78 is 4.97. The van der Waals surface area contributed by atoms with Gasteiger partial charge in [-0.3, -0.25) is 18.5 Å². The van der Waals surface area contributed by atoms with E-state index in [4.69, 9.17) is 0 Å². The van der Waals surface area contributed by atoms with Gasteiger partial charge in [-0.15, -0.1) is 0 Å². The molecule has 0 bridgehead atoms. The Bertz CT molecular complexity index is 1170. The second-order valence-electron chi connectivity index (χ2n) is 6.33. The van der Waals surface area contributed by atoms with Gasteiger partial charge in [-0.1, -0.05) is 18.2 Å². The van der Waals surface area contributed by atoms with E-state index >= 15 is 0 Å². The number of benzene rings is 1. The highest BCUT2D eigenvalue weighted by Gasteiger charge is 2.15. The van der Waals surface area contributed by atoms with Crippen LogP contribution in [0, 0.1) is 0 Å². The highest BCUT2D eigenvalue weighted by atomic mass is 16.2. The number of nitrogens with one attached hydrogen (secondary N) is 1. The summed E-state index contributed by atoms with van der Waals surface area (Å²) in [7, 11) is 0. The zero-order valence-corrected chi connectivity index (χ0v) is 15.4. The van der Waals surface area contributed by atoms with Crippen molar-refractivity contribution in [2.24, 2.45) is 0 Å². The lowest BCUT2D eigenvalue weighted by atomic mass is 10.2. The Morgan fingerprint density at radius 1 is 1.07 bits per heavy atom. The van der Waals surface area contributed by atoms with Crippen LogP contribution in [-0.4, -0.2) is 29.6 Å². The van der Waals surface area contributed by atoms with Gasteiger partial charge < -0.3 is 5.32 Å². The van der Waals surface area contributed by atoms with E-state index in [1.807, 2.05) is 43.3 Å². The lowest BCUT2D eigenvalue weighted by Crippen LogP contribution is -2.33. The summed E-state index contributed by atoms with van der Waals surface area (Å²) in [5, 5.41) is 2.89. The van der Waals surface area contributed by atoms with E-state index in [2.05, 4.69) is 15.3 Å². The topological polar surface area (TPSA) is 86.7 Å². The van der Waals surface area contributed by atoms with Crippen molar-refractivity contribution in [1.29, 1.82) is 0 Å². The third kappa shape index (κ3) is 3.20. The number of carbonyl (C=O) groups is 1. The van der Waals surface area contributed by atoms with Crippen LogP contribution in [0.2, 0.25) is 0 Å². The van der Waals surface area contributed by atoms with Crippen LogP contribution in [0.3, 0.4) is 0 Å². The van der Waals surface area contributed by atoms with Gasteiger partial charge in [0.15, 0.2) is 0 Å². The smallest absolute Gasteiger partial charge is 0.329 e. The molecule has 0 aliphatic heterocycles. The predicted molar refractivity (Wildman–Crippen MR) is 105 cm³/mol. The third-order valence-corrected chi connectivity index (χ3v) is 4.64. The minimum Gasteiger partial charge on any atom is -0.350 e. The molecule has 1 aromatic carbocycles. The predicted octanol–water partition coefficient (Wildman–Crippen LogP) is 1.72. The zero-order chi connectivity index (χ0) is 19.5. The number of hydrogen-bond acceptors (Lipinski definition) is 4. The van der Waals surface area contributed by atoms with Crippen LogP contribution >= 0.6 is 0 Å². The van der Waals surface area contributed by atoms with Crippen LogP contribution in [0.1, 0.15) is 12.5 Å². The average molecular weight is 376 g/mol. The third-order valence-electron chi connectivity index (χ3n) is 4.64. The summed E-state index contributed by atoms with van der Waals surface area (Å²) in [6, 6.07) is 11.2. The van der Waals surface area contributed by atoms with Crippen LogP contribution in [0.25, 0.3) is 16.9 Å². The number of pyridine rings is 1. The Balaban J connectivity index is 1.54. The number of imidazole rings is 2. The van der Waals surface area contributed by atoms with Crippen LogP contribution < -0.4 is 11.0 Å². The van der Waals surface area contributed by atoms with Crippen LogP contribution in [0.4, 0.5) is 0 Å². The highest BCUT2D eigenvalue weighted by Crippen LogP contribution is 2.13. The molecule has 1 amide bonds. The molecule has 142 valence electrons. The number of amides is 1. The first kappa shape index (κ1) is 17.7. The maximum atomic E-state index is 12.7. The lowest BCUT2D eigenvalue weighted by molar-refractivity contribution is -0.121. The minimum atomic E-state index is -0.235. The summed E-state index contributed by atoms with van der Waals surface area (Å²) >= 11 is 0. The molecule has 0 aliphatic carbocycles. The highest BCUT2D eigenvalue weighted by molar-refractivity contribution is 5.81. The summed E-state index contributed by atoms with van der Waals surface area (Å²) in [5.41, 5.74) is 2.26. The van der Waals surface area contributed by atoms with Gasteiger partial charge in [0, 0.05) is 37.2 Å². The number of para-hydroxylation sites is 2. The van der Waals surface area contributed by atoms with Crippen LogP contribution in [0.15, 0.2) is 66.1 Å². The number of fused-ring (bicyclic) bond motifs is 1. The summed E-state index contributed by atoms with van der Waals surface area (Å²) in [5.74, 6) is 0.474. The molecule has 3 heterocycles. The standard InChI is InChI=1S/C20H20N6O2/c1-2-25-16-7-3-4-8-17(16)26(20(25)28)13-18(27)23-12-15-6-5-9-22-19(15)24-11-10-21-14-24/h3-11,14H,2,12-13H2,1H3,(H,23,27). The largest absolute Gasteiger partial charge is 0.350 e. The number of aryl methyl sites for hydroxylation is 1. The fraction of sp³-hybridized carbons (Fsp3) is 0.200. The SMILES string of the molecule is CCn1c(=O)n(CC(=O)NCc2cccnc2-n2ccnc2)c2ccccc21. The van der Waals surface area contributed by atoms with Crippen molar-refractivity contribution in [2.75, 3.05) is 0 Å².